The maximum atomic E-state index is 12.0. The Hall–Kier alpha value is -1.36. The molecule has 1 N–H and O–H groups in total. The second kappa shape index (κ2) is 7.28. The number of piperidine rings is 1. The Morgan fingerprint density at radius 1 is 1.37 bits per heavy atom. The second-order valence-electron chi connectivity index (χ2n) is 5.08. The number of hydrogen-bond acceptors (Lipinski definition) is 3. The first kappa shape index (κ1) is 14.1. The average Bonchev–Trinajstić information content (AvgIpc) is 2.88. The molecule has 0 atom stereocenters. The first-order valence-corrected chi connectivity index (χ1v) is 7.29. The van der Waals surface area contributed by atoms with Crippen LogP contribution in [0.1, 0.15) is 38.4 Å². The summed E-state index contributed by atoms with van der Waals surface area (Å²) in [6.07, 6.45) is 8.45. The van der Waals surface area contributed by atoms with Gasteiger partial charge < -0.3 is 14.8 Å². The molecule has 1 aliphatic heterocycles. The average molecular weight is 264 g/mol. The van der Waals surface area contributed by atoms with Crippen LogP contribution in [0.5, 0.6) is 0 Å². The van der Waals surface area contributed by atoms with Gasteiger partial charge in [-0.05, 0) is 25.7 Å². The standard InChI is InChI=1S/C14H24N4O/c1-2-7-17-10-6-16-13(17)11-15-12-14(19)18-8-4-3-5-9-18/h6,10,15H,2-5,7-9,11-12H2,1H3. The number of aryl methyl sites for hydroxylation is 1. The molecule has 106 valence electrons. The summed E-state index contributed by atoms with van der Waals surface area (Å²) < 4.78 is 2.14. The molecule has 5 heteroatoms. The highest BCUT2D eigenvalue weighted by atomic mass is 16.2. The minimum absolute atomic E-state index is 0.216. The topological polar surface area (TPSA) is 50.2 Å². The van der Waals surface area contributed by atoms with Crippen molar-refractivity contribution in [2.24, 2.45) is 0 Å². The Balaban J connectivity index is 1.73. The van der Waals surface area contributed by atoms with Gasteiger partial charge in [0.2, 0.25) is 5.91 Å². The SMILES string of the molecule is CCCn1ccnc1CNCC(=O)N1CCCCC1. The minimum Gasteiger partial charge on any atom is -0.342 e. The number of hydrogen-bond donors (Lipinski definition) is 1. The lowest BCUT2D eigenvalue weighted by Crippen LogP contribution is -2.41. The van der Waals surface area contributed by atoms with Crippen LogP contribution in [-0.4, -0.2) is 40.0 Å². The molecular weight excluding hydrogens is 240 g/mol. The summed E-state index contributed by atoms with van der Waals surface area (Å²) in [5.41, 5.74) is 0. The van der Waals surface area contributed by atoms with Gasteiger partial charge in [0.05, 0.1) is 13.1 Å². The van der Waals surface area contributed by atoms with E-state index in [9.17, 15) is 4.79 Å². The van der Waals surface area contributed by atoms with Crippen LogP contribution in [0.25, 0.3) is 0 Å². The lowest BCUT2D eigenvalue weighted by molar-refractivity contribution is -0.131. The summed E-state index contributed by atoms with van der Waals surface area (Å²) in [5.74, 6) is 1.22. The summed E-state index contributed by atoms with van der Waals surface area (Å²) in [6.45, 7) is 6.05. The van der Waals surface area contributed by atoms with Gasteiger partial charge in [-0.25, -0.2) is 4.98 Å². The predicted octanol–water partition coefficient (Wildman–Crippen LogP) is 1.40. The van der Waals surface area contributed by atoms with Crippen molar-refractivity contribution in [1.29, 1.82) is 0 Å². The Morgan fingerprint density at radius 3 is 2.89 bits per heavy atom. The molecule has 1 aromatic heterocycles. The zero-order valence-corrected chi connectivity index (χ0v) is 11.8. The highest BCUT2D eigenvalue weighted by Crippen LogP contribution is 2.08. The molecule has 5 nitrogen and oxygen atoms in total. The predicted molar refractivity (Wildman–Crippen MR) is 74.7 cm³/mol. The number of carbonyl (C=O) groups is 1. The number of carbonyl (C=O) groups excluding carboxylic acids is 1. The van der Waals surface area contributed by atoms with E-state index in [2.05, 4.69) is 21.8 Å². The number of nitrogens with one attached hydrogen (secondary N) is 1. The largest absolute Gasteiger partial charge is 0.342 e. The van der Waals surface area contributed by atoms with Gasteiger partial charge in [0.15, 0.2) is 0 Å². The van der Waals surface area contributed by atoms with E-state index in [-0.39, 0.29) is 5.91 Å². The molecule has 1 aromatic rings. The van der Waals surface area contributed by atoms with E-state index in [1.165, 1.54) is 6.42 Å². The Kier molecular flexibility index (Phi) is 5.39. The lowest BCUT2D eigenvalue weighted by atomic mass is 10.1. The lowest BCUT2D eigenvalue weighted by Gasteiger charge is -2.26. The van der Waals surface area contributed by atoms with Crippen molar-refractivity contribution in [3.63, 3.8) is 0 Å². The Bertz CT molecular complexity index is 396. The van der Waals surface area contributed by atoms with E-state index in [0.29, 0.717) is 13.1 Å². The van der Waals surface area contributed by atoms with Crippen LogP contribution in [0.2, 0.25) is 0 Å². The van der Waals surface area contributed by atoms with Crippen molar-refractivity contribution in [3.8, 4) is 0 Å². The molecule has 2 heterocycles. The van der Waals surface area contributed by atoms with Crippen molar-refractivity contribution in [2.45, 2.75) is 45.7 Å². The summed E-state index contributed by atoms with van der Waals surface area (Å²) in [6, 6.07) is 0. The number of rotatable bonds is 6. The van der Waals surface area contributed by atoms with E-state index in [1.807, 2.05) is 17.3 Å². The quantitative estimate of drug-likeness (QED) is 0.845. The van der Waals surface area contributed by atoms with E-state index >= 15 is 0 Å². The molecule has 0 aromatic carbocycles. The van der Waals surface area contributed by atoms with Crippen LogP contribution in [-0.2, 0) is 17.9 Å². The Labute approximate surface area is 115 Å². The Morgan fingerprint density at radius 2 is 2.16 bits per heavy atom. The van der Waals surface area contributed by atoms with Gasteiger partial charge in [0.25, 0.3) is 0 Å². The highest BCUT2D eigenvalue weighted by Gasteiger charge is 2.15. The molecule has 19 heavy (non-hydrogen) atoms. The summed E-state index contributed by atoms with van der Waals surface area (Å²) in [7, 11) is 0. The summed E-state index contributed by atoms with van der Waals surface area (Å²) in [4.78, 5) is 18.3. The minimum atomic E-state index is 0.216. The van der Waals surface area contributed by atoms with Gasteiger partial charge in [-0.2, -0.15) is 0 Å². The molecule has 0 spiro atoms. The number of imidazole rings is 1. The van der Waals surface area contributed by atoms with Gasteiger partial charge in [-0.1, -0.05) is 6.92 Å². The van der Waals surface area contributed by atoms with Gasteiger partial charge in [0, 0.05) is 32.0 Å². The maximum absolute atomic E-state index is 12.0. The van der Waals surface area contributed by atoms with Gasteiger partial charge in [-0.3, -0.25) is 4.79 Å². The van der Waals surface area contributed by atoms with E-state index in [4.69, 9.17) is 0 Å². The number of nitrogens with zero attached hydrogens (tertiary/aromatic N) is 3. The van der Waals surface area contributed by atoms with Crippen LogP contribution in [0.4, 0.5) is 0 Å². The third-order valence-electron chi connectivity index (χ3n) is 3.53. The van der Waals surface area contributed by atoms with E-state index < -0.39 is 0 Å². The molecule has 1 saturated heterocycles. The van der Waals surface area contributed by atoms with E-state index in [1.54, 1.807) is 0 Å². The molecular formula is C14H24N4O. The van der Waals surface area contributed by atoms with Gasteiger partial charge in [0.1, 0.15) is 5.82 Å². The highest BCUT2D eigenvalue weighted by molar-refractivity contribution is 5.78. The zero-order chi connectivity index (χ0) is 13.5. The number of amides is 1. The van der Waals surface area contributed by atoms with E-state index in [0.717, 1.165) is 44.7 Å². The molecule has 0 bridgehead atoms. The third-order valence-corrected chi connectivity index (χ3v) is 3.53. The molecule has 1 fully saturated rings. The molecule has 0 aliphatic carbocycles. The number of likely N-dealkylation sites (tertiary alicyclic amines) is 1. The van der Waals surface area contributed by atoms with Crippen LogP contribution in [0, 0.1) is 0 Å². The smallest absolute Gasteiger partial charge is 0.236 e. The third kappa shape index (κ3) is 4.06. The fourth-order valence-corrected chi connectivity index (χ4v) is 2.49. The van der Waals surface area contributed by atoms with Crippen molar-refractivity contribution in [1.82, 2.24) is 19.8 Å². The fraction of sp³-hybridized carbons (Fsp3) is 0.714. The molecule has 1 aliphatic rings. The van der Waals surface area contributed by atoms with Crippen molar-refractivity contribution >= 4 is 5.91 Å². The summed E-state index contributed by atoms with van der Waals surface area (Å²) in [5, 5.41) is 3.21. The van der Waals surface area contributed by atoms with Crippen LogP contribution in [0.3, 0.4) is 0 Å². The molecule has 2 rings (SSSR count). The molecule has 0 saturated carbocycles. The second-order valence-corrected chi connectivity index (χ2v) is 5.08. The van der Waals surface area contributed by atoms with Crippen molar-refractivity contribution in [2.75, 3.05) is 19.6 Å². The van der Waals surface area contributed by atoms with Gasteiger partial charge in [-0.15, -0.1) is 0 Å². The zero-order valence-electron chi connectivity index (χ0n) is 11.8. The monoisotopic (exact) mass is 264 g/mol. The summed E-state index contributed by atoms with van der Waals surface area (Å²) >= 11 is 0. The first-order chi connectivity index (χ1) is 9.31. The number of aromatic nitrogens is 2. The van der Waals surface area contributed by atoms with Crippen LogP contribution in [0.15, 0.2) is 12.4 Å². The van der Waals surface area contributed by atoms with Crippen LogP contribution >= 0.6 is 0 Å². The molecule has 1 amide bonds. The molecule has 0 radical (unpaired) electrons. The first-order valence-electron chi connectivity index (χ1n) is 7.29. The maximum Gasteiger partial charge on any atom is 0.236 e. The van der Waals surface area contributed by atoms with Crippen molar-refractivity contribution in [3.05, 3.63) is 18.2 Å². The molecule has 0 unspecified atom stereocenters. The fourth-order valence-electron chi connectivity index (χ4n) is 2.49. The van der Waals surface area contributed by atoms with Crippen molar-refractivity contribution < 1.29 is 4.79 Å². The normalized spacial score (nSPS) is 15.7. The van der Waals surface area contributed by atoms with Crippen LogP contribution < -0.4 is 5.32 Å². The van der Waals surface area contributed by atoms with Gasteiger partial charge >= 0.3 is 0 Å².